The highest BCUT2D eigenvalue weighted by Gasteiger charge is 2.41. The average Bonchev–Trinajstić information content (AvgIpc) is 2.38. The van der Waals surface area contributed by atoms with Gasteiger partial charge in [-0.15, -0.1) is 0 Å². The van der Waals surface area contributed by atoms with E-state index in [1.165, 1.54) is 19.3 Å². The van der Waals surface area contributed by atoms with E-state index in [4.69, 9.17) is 15.3 Å². The first-order chi connectivity index (χ1) is 8.20. The van der Waals surface area contributed by atoms with E-state index in [0.717, 1.165) is 25.9 Å². The third kappa shape index (κ3) is 3.65. The van der Waals surface area contributed by atoms with Crippen LogP contribution in [0, 0.1) is 5.92 Å². The van der Waals surface area contributed by atoms with Crippen LogP contribution in [-0.4, -0.2) is 32.5 Å². The molecule has 0 radical (unpaired) electrons. The van der Waals surface area contributed by atoms with Gasteiger partial charge in [0.05, 0.1) is 11.6 Å². The molecular weight excluding hydrogens is 216 g/mol. The summed E-state index contributed by atoms with van der Waals surface area (Å²) < 4.78 is 11.0. The van der Waals surface area contributed by atoms with E-state index in [2.05, 4.69) is 12.3 Å². The minimum absolute atomic E-state index is 0.0832. The lowest BCUT2D eigenvalue weighted by Gasteiger charge is -2.44. The Balaban J connectivity index is 2.67. The molecule has 2 atom stereocenters. The van der Waals surface area contributed by atoms with E-state index < -0.39 is 0 Å². The van der Waals surface area contributed by atoms with Gasteiger partial charge in [0, 0.05) is 20.8 Å². The van der Waals surface area contributed by atoms with Gasteiger partial charge >= 0.3 is 0 Å². The van der Waals surface area contributed by atoms with Crippen molar-refractivity contribution in [3.8, 4) is 0 Å². The average molecular weight is 244 g/mol. The summed E-state index contributed by atoms with van der Waals surface area (Å²) in [5, 5.41) is 0. The Bertz CT molecular complexity index is 206. The Kier molecular flexibility index (Phi) is 6.41. The smallest absolute Gasteiger partial charge is 0.0847 e. The number of rotatable bonds is 7. The third-order valence-electron chi connectivity index (χ3n) is 4.20. The normalized spacial score (nSPS) is 23.3. The molecule has 1 fully saturated rings. The fraction of sp³-hybridized carbons (Fsp3) is 1.00. The molecular formula is C13H28N2O2. The van der Waals surface area contributed by atoms with Crippen LogP contribution in [-0.2, 0) is 9.47 Å². The van der Waals surface area contributed by atoms with Gasteiger partial charge in [-0.05, 0) is 25.2 Å². The largest absolute Gasteiger partial charge is 0.385 e. The van der Waals surface area contributed by atoms with Crippen LogP contribution < -0.4 is 11.3 Å². The predicted octanol–water partition coefficient (Wildman–Crippen LogP) is 1.84. The van der Waals surface area contributed by atoms with Crippen LogP contribution in [0.25, 0.3) is 0 Å². The lowest BCUT2D eigenvalue weighted by molar-refractivity contribution is -0.0821. The molecule has 4 nitrogen and oxygen atoms in total. The van der Waals surface area contributed by atoms with E-state index in [1.54, 1.807) is 7.11 Å². The molecule has 0 spiro atoms. The molecule has 3 N–H and O–H groups in total. The van der Waals surface area contributed by atoms with Crippen LogP contribution in [0.3, 0.4) is 0 Å². The van der Waals surface area contributed by atoms with Gasteiger partial charge < -0.3 is 9.47 Å². The van der Waals surface area contributed by atoms with Crippen molar-refractivity contribution in [3.63, 3.8) is 0 Å². The van der Waals surface area contributed by atoms with Crippen molar-refractivity contribution in [2.75, 3.05) is 20.8 Å². The number of hydrogen-bond donors (Lipinski definition) is 2. The van der Waals surface area contributed by atoms with Gasteiger partial charge in [0.1, 0.15) is 0 Å². The number of nitrogens with one attached hydrogen (secondary N) is 1. The third-order valence-corrected chi connectivity index (χ3v) is 4.20. The Morgan fingerprint density at radius 3 is 2.35 bits per heavy atom. The van der Waals surface area contributed by atoms with Gasteiger partial charge in [-0.3, -0.25) is 11.3 Å². The maximum atomic E-state index is 5.85. The zero-order valence-electron chi connectivity index (χ0n) is 11.5. The van der Waals surface area contributed by atoms with Crippen molar-refractivity contribution in [2.45, 2.75) is 57.1 Å². The highest BCUT2D eigenvalue weighted by atomic mass is 16.5. The molecule has 0 aromatic heterocycles. The number of nitrogens with two attached hydrogens (primary N) is 1. The molecule has 1 rings (SSSR count). The van der Waals surface area contributed by atoms with Gasteiger partial charge in [0.25, 0.3) is 0 Å². The van der Waals surface area contributed by atoms with Crippen LogP contribution in [0.2, 0.25) is 0 Å². The highest BCUT2D eigenvalue weighted by molar-refractivity contribution is 4.96. The Hall–Kier alpha value is -0.160. The van der Waals surface area contributed by atoms with Gasteiger partial charge in [-0.1, -0.05) is 26.2 Å². The molecule has 17 heavy (non-hydrogen) atoms. The number of hydrazine groups is 1. The molecule has 4 heteroatoms. The molecule has 102 valence electrons. The molecule has 1 saturated carbocycles. The molecule has 0 aromatic rings. The fourth-order valence-corrected chi connectivity index (χ4v) is 3.10. The van der Waals surface area contributed by atoms with Crippen molar-refractivity contribution in [3.05, 3.63) is 0 Å². The summed E-state index contributed by atoms with van der Waals surface area (Å²) in [7, 11) is 3.56. The Labute approximate surface area is 105 Å². The van der Waals surface area contributed by atoms with Gasteiger partial charge in [0.2, 0.25) is 0 Å². The number of hydrogen-bond acceptors (Lipinski definition) is 4. The molecule has 0 amide bonds. The van der Waals surface area contributed by atoms with Gasteiger partial charge in [0.15, 0.2) is 0 Å². The fourth-order valence-electron chi connectivity index (χ4n) is 3.10. The Morgan fingerprint density at radius 2 is 1.88 bits per heavy atom. The van der Waals surface area contributed by atoms with Crippen LogP contribution in [0.1, 0.15) is 45.4 Å². The first-order valence-corrected chi connectivity index (χ1v) is 6.70. The maximum absolute atomic E-state index is 5.85. The van der Waals surface area contributed by atoms with Crippen molar-refractivity contribution in [1.82, 2.24) is 5.43 Å². The zero-order valence-corrected chi connectivity index (χ0v) is 11.5. The van der Waals surface area contributed by atoms with E-state index in [1.807, 2.05) is 7.11 Å². The lowest BCUT2D eigenvalue weighted by atomic mass is 9.74. The van der Waals surface area contributed by atoms with Crippen molar-refractivity contribution in [2.24, 2.45) is 11.8 Å². The minimum atomic E-state index is -0.0832. The Morgan fingerprint density at radius 1 is 1.24 bits per heavy atom. The number of ether oxygens (including phenoxy) is 2. The second kappa shape index (κ2) is 7.31. The second-order valence-electron chi connectivity index (χ2n) is 5.23. The maximum Gasteiger partial charge on any atom is 0.0847 e. The van der Waals surface area contributed by atoms with Gasteiger partial charge in [-0.2, -0.15) is 0 Å². The van der Waals surface area contributed by atoms with E-state index in [0.29, 0.717) is 5.92 Å². The summed E-state index contributed by atoms with van der Waals surface area (Å²) in [6.07, 6.45) is 7.02. The zero-order chi connectivity index (χ0) is 12.7. The second-order valence-corrected chi connectivity index (χ2v) is 5.23. The van der Waals surface area contributed by atoms with Crippen molar-refractivity contribution >= 4 is 0 Å². The monoisotopic (exact) mass is 244 g/mol. The van der Waals surface area contributed by atoms with Crippen LogP contribution in [0.5, 0.6) is 0 Å². The molecule has 0 aliphatic heterocycles. The molecule has 0 aromatic carbocycles. The molecule has 0 saturated heterocycles. The highest BCUT2D eigenvalue weighted by Crippen LogP contribution is 2.37. The predicted molar refractivity (Wildman–Crippen MR) is 69.6 cm³/mol. The standard InChI is InChI=1S/C13H28N2O2/c1-11(7-10-16-2)12(15-14)13(17-3)8-5-4-6-9-13/h11-12,15H,4-10,14H2,1-3H3. The van der Waals surface area contributed by atoms with Crippen LogP contribution in [0.4, 0.5) is 0 Å². The molecule has 0 bridgehead atoms. The summed E-state index contributed by atoms with van der Waals surface area (Å²) in [6, 6.07) is 0.211. The summed E-state index contributed by atoms with van der Waals surface area (Å²) in [5.74, 6) is 6.22. The SMILES string of the molecule is COCCC(C)C(NN)C1(OC)CCCCC1. The van der Waals surface area contributed by atoms with E-state index in [9.17, 15) is 0 Å². The van der Waals surface area contributed by atoms with Crippen molar-refractivity contribution in [1.29, 1.82) is 0 Å². The molecule has 2 unspecified atom stereocenters. The number of methoxy groups -OCH3 is 2. The van der Waals surface area contributed by atoms with E-state index in [-0.39, 0.29) is 11.6 Å². The first kappa shape index (κ1) is 14.9. The van der Waals surface area contributed by atoms with Gasteiger partial charge in [-0.25, -0.2) is 0 Å². The molecule has 1 aliphatic carbocycles. The lowest BCUT2D eigenvalue weighted by Crippen LogP contribution is -2.58. The van der Waals surface area contributed by atoms with Crippen LogP contribution in [0.15, 0.2) is 0 Å². The molecule has 1 aliphatic rings. The quantitative estimate of drug-likeness (QED) is 0.530. The minimum Gasteiger partial charge on any atom is -0.385 e. The summed E-state index contributed by atoms with van der Waals surface area (Å²) >= 11 is 0. The first-order valence-electron chi connectivity index (χ1n) is 6.70. The summed E-state index contributed by atoms with van der Waals surface area (Å²) in [6.45, 7) is 3.00. The van der Waals surface area contributed by atoms with Crippen molar-refractivity contribution < 1.29 is 9.47 Å². The van der Waals surface area contributed by atoms with E-state index >= 15 is 0 Å². The molecule has 0 heterocycles. The summed E-state index contributed by atoms with van der Waals surface area (Å²) in [4.78, 5) is 0. The topological polar surface area (TPSA) is 56.5 Å². The summed E-state index contributed by atoms with van der Waals surface area (Å²) in [5.41, 5.74) is 2.91. The van der Waals surface area contributed by atoms with Crippen LogP contribution >= 0.6 is 0 Å².